The number of nitrogens with one attached hydrogen (secondary N) is 4. The number of amides is 1. The van der Waals surface area contributed by atoms with Crippen LogP contribution in [0.2, 0.25) is 0 Å². The fraction of sp³-hybridized carbons (Fsp3) is 0.594. The number of nitrogens with zero attached hydrogens (tertiary/aromatic N) is 1. The monoisotopic (exact) mass is 533 g/mol. The first-order valence-electron chi connectivity index (χ1n) is 15.1. The molecule has 0 radical (unpaired) electrons. The summed E-state index contributed by atoms with van der Waals surface area (Å²) < 4.78 is 0. The van der Waals surface area contributed by atoms with E-state index in [1.807, 2.05) is 30.3 Å². The average Bonchev–Trinajstić information content (AvgIpc) is 2.97. The molecule has 1 spiro atoms. The second-order valence-corrected chi connectivity index (χ2v) is 11.8. The fourth-order valence-corrected chi connectivity index (χ4v) is 6.74. The van der Waals surface area contributed by atoms with Crippen LogP contribution in [-0.2, 0) is 11.2 Å². The molecule has 5 rings (SSSR count). The second-order valence-electron chi connectivity index (χ2n) is 11.8. The van der Waals surface area contributed by atoms with Crippen molar-refractivity contribution in [3.8, 4) is 0 Å². The zero-order chi connectivity index (χ0) is 27.1. The number of carbonyl (C=O) groups is 1. The van der Waals surface area contributed by atoms with Crippen LogP contribution < -0.4 is 21.3 Å². The van der Waals surface area contributed by atoms with Gasteiger partial charge in [-0.25, -0.2) is 0 Å². The summed E-state index contributed by atoms with van der Waals surface area (Å²) in [5.74, 6) is -0.0159. The summed E-state index contributed by atoms with van der Waals surface area (Å²) in [5.41, 5.74) is 4.99. The van der Waals surface area contributed by atoms with Gasteiger partial charge in [-0.3, -0.25) is 9.69 Å². The number of hydrogen-bond donors (Lipinski definition) is 5. The largest absolute Gasteiger partial charge is 0.386 e. The van der Waals surface area contributed by atoms with Crippen LogP contribution in [0.3, 0.4) is 0 Å². The smallest absolute Gasteiger partial charge is 0.234 e. The molecule has 7 nitrogen and oxygen atoms in total. The molecule has 2 aromatic rings. The Morgan fingerprint density at radius 2 is 1.87 bits per heavy atom. The van der Waals surface area contributed by atoms with Crippen LogP contribution >= 0.6 is 0 Å². The number of hydrogen-bond acceptors (Lipinski definition) is 6. The van der Waals surface area contributed by atoms with Crippen molar-refractivity contribution in [2.24, 2.45) is 0 Å². The first-order chi connectivity index (χ1) is 19.0. The Kier molecular flexibility index (Phi) is 9.56. The summed E-state index contributed by atoms with van der Waals surface area (Å²) in [4.78, 5) is 15.2. The molecule has 3 atom stereocenters. The Bertz CT molecular complexity index is 1070. The van der Waals surface area contributed by atoms with Crippen molar-refractivity contribution < 1.29 is 9.90 Å². The third-order valence-electron chi connectivity index (χ3n) is 9.00. The third-order valence-corrected chi connectivity index (χ3v) is 9.00. The number of aliphatic hydroxyl groups excluding tert-OH is 1. The lowest BCUT2D eigenvalue weighted by atomic mass is 9.73. The molecule has 212 valence electrons. The van der Waals surface area contributed by atoms with Crippen molar-refractivity contribution in [1.82, 2.24) is 20.9 Å². The minimum absolute atomic E-state index is 0.0159. The van der Waals surface area contributed by atoms with Crippen molar-refractivity contribution in [3.63, 3.8) is 0 Å². The molecule has 2 fully saturated rings. The number of piperazine rings is 1. The van der Waals surface area contributed by atoms with Gasteiger partial charge in [-0.2, -0.15) is 0 Å². The number of carbonyl (C=O) groups excluding carboxylic acids is 1. The summed E-state index contributed by atoms with van der Waals surface area (Å²) in [6.07, 6.45) is 8.34. The Balaban J connectivity index is 1.28. The molecular weight excluding hydrogens is 486 g/mol. The number of aliphatic hydroxyl groups is 1. The van der Waals surface area contributed by atoms with Crippen molar-refractivity contribution >= 4 is 11.6 Å². The molecule has 0 bridgehead atoms. The molecular formula is C32H47N5O2. The molecule has 5 N–H and O–H groups in total. The molecule has 1 saturated heterocycles. The molecule has 39 heavy (non-hydrogen) atoms. The highest BCUT2D eigenvalue weighted by Crippen LogP contribution is 2.45. The summed E-state index contributed by atoms with van der Waals surface area (Å²) in [7, 11) is 0. The lowest BCUT2D eigenvalue weighted by Gasteiger charge is -2.46. The molecule has 2 aromatic carbocycles. The molecule has 3 aliphatic rings. The first kappa shape index (κ1) is 28.1. The van der Waals surface area contributed by atoms with Crippen molar-refractivity contribution in [2.45, 2.75) is 82.0 Å². The fourth-order valence-electron chi connectivity index (χ4n) is 6.74. The summed E-state index contributed by atoms with van der Waals surface area (Å²) in [6.45, 7) is 6.87. The minimum atomic E-state index is -0.753. The summed E-state index contributed by atoms with van der Waals surface area (Å²) >= 11 is 0. The first-order valence-corrected chi connectivity index (χ1v) is 15.1. The van der Waals surface area contributed by atoms with Gasteiger partial charge in [0.05, 0.1) is 18.7 Å². The van der Waals surface area contributed by atoms with Crippen LogP contribution in [0.15, 0.2) is 48.5 Å². The van der Waals surface area contributed by atoms with Crippen LogP contribution in [0.25, 0.3) is 0 Å². The second kappa shape index (κ2) is 13.3. The number of anilines is 1. The zero-order valence-corrected chi connectivity index (χ0v) is 23.6. The average molecular weight is 534 g/mol. The standard InChI is InChI=1S/C32H47N5O2/c1-2-24-11-12-27-26(21-24)29(22-32(36-27)14-7-4-8-15-32)34-16-13-28(31(39)25-9-5-3-6-10-25)35-30(38)23-37-19-17-33-18-20-37/h3,5-6,9-12,21,28-29,31,33-34,36,39H,2,4,7-8,13-20,22-23H2,1H3,(H,35,38)/t28-,29-,31+/m1/s1. The molecule has 1 aliphatic carbocycles. The molecule has 7 heteroatoms. The molecule has 0 aromatic heterocycles. The van der Waals surface area contributed by atoms with Gasteiger partial charge in [0.1, 0.15) is 0 Å². The van der Waals surface area contributed by atoms with Crippen molar-refractivity contribution in [2.75, 3.05) is 44.6 Å². The van der Waals surface area contributed by atoms with E-state index in [1.54, 1.807) is 0 Å². The maximum absolute atomic E-state index is 13.0. The van der Waals surface area contributed by atoms with Crippen LogP contribution in [0.5, 0.6) is 0 Å². The predicted octanol–water partition coefficient (Wildman–Crippen LogP) is 3.91. The number of rotatable bonds is 10. The lowest BCUT2D eigenvalue weighted by Crippen LogP contribution is -2.50. The van der Waals surface area contributed by atoms with Gasteiger partial charge in [0.25, 0.3) is 0 Å². The van der Waals surface area contributed by atoms with Crippen LogP contribution in [0.1, 0.15) is 80.7 Å². The maximum Gasteiger partial charge on any atom is 0.234 e. The van der Waals surface area contributed by atoms with E-state index in [0.29, 0.717) is 13.0 Å². The van der Waals surface area contributed by atoms with E-state index in [4.69, 9.17) is 0 Å². The van der Waals surface area contributed by atoms with Gasteiger partial charge < -0.3 is 26.4 Å². The van der Waals surface area contributed by atoms with Crippen LogP contribution in [0.4, 0.5) is 5.69 Å². The maximum atomic E-state index is 13.0. The highest BCUT2D eigenvalue weighted by Gasteiger charge is 2.39. The zero-order valence-electron chi connectivity index (χ0n) is 23.6. The molecule has 1 saturated carbocycles. The molecule has 2 heterocycles. The lowest BCUT2D eigenvalue weighted by molar-refractivity contribution is -0.124. The Labute approximate surface area is 234 Å². The summed E-state index contributed by atoms with van der Waals surface area (Å²) in [5, 5.41) is 25.7. The molecule has 1 amide bonds. The predicted molar refractivity (Wildman–Crippen MR) is 158 cm³/mol. The van der Waals surface area contributed by atoms with E-state index in [1.165, 1.54) is 48.9 Å². The Hall–Kier alpha value is -2.45. The molecule has 2 aliphatic heterocycles. The van der Waals surface area contributed by atoms with Gasteiger partial charge >= 0.3 is 0 Å². The Morgan fingerprint density at radius 3 is 2.62 bits per heavy atom. The SMILES string of the molecule is CCc1ccc2c(c1)[C@H](NCC[C@@H](NC(=O)CN1CCNCC1)[C@@H](O)c1ccccc1)CC1(CCCCC1)N2. The number of benzene rings is 2. The highest BCUT2D eigenvalue weighted by molar-refractivity contribution is 5.78. The van der Waals surface area contributed by atoms with Crippen molar-refractivity contribution in [3.05, 3.63) is 65.2 Å². The normalized spacial score (nSPS) is 22.5. The third kappa shape index (κ3) is 7.20. The van der Waals surface area contributed by atoms with Gasteiger partial charge in [0.2, 0.25) is 5.91 Å². The van der Waals surface area contributed by atoms with Gasteiger partial charge in [0.15, 0.2) is 0 Å². The highest BCUT2D eigenvalue weighted by atomic mass is 16.3. The van der Waals surface area contributed by atoms with Gasteiger partial charge in [-0.15, -0.1) is 0 Å². The van der Waals surface area contributed by atoms with E-state index in [2.05, 4.69) is 51.3 Å². The van der Waals surface area contributed by atoms with E-state index in [0.717, 1.165) is 51.1 Å². The topological polar surface area (TPSA) is 88.7 Å². The van der Waals surface area contributed by atoms with Crippen LogP contribution in [-0.4, -0.2) is 66.8 Å². The van der Waals surface area contributed by atoms with Gasteiger partial charge in [0, 0.05) is 43.4 Å². The van der Waals surface area contributed by atoms with Gasteiger partial charge in [-0.05, 0) is 61.4 Å². The van der Waals surface area contributed by atoms with Gasteiger partial charge in [-0.1, -0.05) is 68.7 Å². The van der Waals surface area contributed by atoms with E-state index in [9.17, 15) is 9.90 Å². The molecule has 0 unspecified atom stereocenters. The van der Waals surface area contributed by atoms with Crippen molar-refractivity contribution in [1.29, 1.82) is 0 Å². The van der Waals surface area contributed by atoms with E-state index < -0.39 is 6.10 Å². The number of fused-ring (bicyclic) bond motifs is 1. The Morgan fingerprint density at radius 1 is 1.10 bits per heavy atom. The summed E-state index contributed by atoms with van der Waals surface area (Å²) in [6, 6.07) is 16.5. The minimum Gasteiger partial charge on any atom is -0.386 e. The van der Waals surface area contributed by atoms with Crippen LogP contribution in [0, 0.1) is 0 Å². The quantitative estimate of drug-likeness (QED) is 0.318. The van der Waals surface area contributed by atoms with E-state index in [-0.39, 0.29) is 23.5 Å². The van der Waals surface area contributed by atoms with E-state index >= 15 is 0 Å². The number of aryl methyl sites for hydroxylation is 1.